The molecule has 2 atom stereocenters. The number of halogens is 1. The lowest BCUT2D eigenvalue weighted by atomic mass is 10.1. The number of methoxy groups -OCH3 is 1. The first-order valence-corrected chi connectivity index (χ1v) is 9.16. The molecule has 0 aliphatic carbocycles. The van der Waals surface area contributed by atoms with Gasteiger partial charge in [0.05, 0.1) is 6.61 Å². The molecule has 5 heteroatoms. The lowest BCUT2D eigenvalue weighted by molar-refractivity contribution is -0.135. The summed E-state index contributed by atoms with van der Waals surface area (Å²) in [6.45, 7) is 7.65. The Labute approximate surface area is 150 Å². The highest BCUT2D eigenvalue weighted by atomic mass is 35.5. The van der Waals surface area contributed by atoms with Gasteiger partial charge in [0.25, 0.3) is 0 Å². The predicted molar refractivity (Wildman–Crippen MR) is 98.5 cm³/mol. The van der Waals surface area contributed by atoms with E-state index in [4.69, 9.17) is 16.3 Å². The number of aryl methyl sites for hydroxylation is 1. The van der Waals surface area contributed by atoms with Crippen molar-refractivity contribution in [2.24, 2.45) is 0 Å². The van der Waals surface area contributed by atoms with Gasteiger partial charge in [0.2, 0.25) is 5.91 Å². The van der Waals surface area contributed by atoms with Crippen LogP contribution in [-0.2, 0) is 16.0 Å². The van der Waals surface area contributed by atoms with Gasteiger partial charge in [-0.15, -0.1) is 0 Å². The second kappa shape index (κ2) is 9.40. The molecule has 1 aromatic carbocycles. The molecule has 0 aromatic heterocycles. The Kier molecular flexibility index (Phi) is 7.53. The molecule has 1 aliphatic heterocycles. The largest absolute Gasteiger partial charge is 0.383 e. The minimum Gasteiger partial charge on any atom is -0.383 e. The maximum absolute atomic E-state index is 12.5. The molecule has 2 unspecified atom stereocenters. The van der Waals surface area contributed by atoms with Crippen LogP contribution in [0.25, 0.3) is 0 Å². The SMILES string of the molecule is COCCN1C(C)CN(C(=O)CCCc2ccccc2Cl)CC1C. The number of piperazine rings is 1. The van der Waals surface area contributed by atoms with E-state index in [1.165, 1.54) is 0 Å². The molecule has 2 rings (SSSR count). The zero-order chi connectivity index (χ0) is 17.5. The summed E-state index contributed by atoms with van der Waals surface area (Å²) in [6.07, 6.45) is 2.28. The Hall–Kier alpha value is -1.10. The van der Waals surface area contributed by atoms with Crippen LogP contribution in [0.4, 0.5) is 0 Å². The van der Waals surface area contributed by atoms with E-state index in [0.29, 0.717) is 18.5 Å². The van der Waals surface area contributed by atoms with Gasteiger partial charge in [-0.25, -0.2) is 0 Å². The molecule has 1 aliphatic rings. The lowest BCUT2D eigenvalue weighted by Gasteiger charge is -2.44. The fraction of sp³-hybridized carbons (Fsp3) is 0.632. The Bertz CT molecular complexity index is 526. The Morgan fingerprint density at radius 3 is 2.54 bits per heavy atom. The van der Waals surface area contributed by atoms with Gasteiger partial charge in [-0.05, 0) is 38.3 Å². The maximum atomic E-state index is 12.5. The van der Waals surface area contributed by atoms with Crippen molar-refractivity contribution in [2.45, 2.75) is 45.2 Å². The van der Waals surface area contributed by atoms with E-state index in [9.17, 15) is 4.79 Å². The van der Waals surface area contributed by atoms with Gasteiger partial charge in [-0.2, -0.15) is 0 Å². The monoisotopic (exact) mass is 352 g/mol. The molecular formula is C19H29ClN2O2. The van der Waals surface area contributed by atoms with Crippen LogP contribution in [0, 0.1) is 0 Å². The molecule has 0 saturated carbocycles. The van der Waals surface area contributed by atoms with E-state index >= 15 is 0 Å². The molecule has 134 valence electrons. The molecule has 1 saturated heterocycles. The highest BCUT2D eigenvalue weighted by Crippen LogP contribution is 2.19. The summed E-state index contributed by atoms with van der Waals surface area (Å²) in [4.78, 5) is 17.0. The molecule has 1 amide bonds. The summed E-state index contributed by atoms with van der Waals surface area (Å²) in [7, 11) is 1.73. The van der Waals surface area contributed by atoms with E-state index in [2.05, 4.69) is 18.7 Å². The molecule has 4 nitrogen and oxygen atoms in total. The van der Waals surface area contributed by atoms with Crippen molar-refractivity contribution >= 4 is 17.5 Å². The molecular weight excluding hydrogens is 324 g/mol. The highest BCUT2D eigenvalue weighted by molar-refractivity contribution is 6.31. The average Bonchev–Trinajstić information content (AvgIpc) is 2.55. The van der Waals surface area contributed by atoms with Crippen molar-refractivity contribution in [3.05, 3.63) is 34.9 Å². The third-order valence-corrected chi connectivity index (χ3v) is 5.17. The molecule has 1 heterocycles. The van der Waals surface area contributed by atoms with E-state index in [1.807, 2.05) is 29.2 Å². The van der Waals surface area contributed by atoms with Crippen LogP contribution >= 0.6 is 11.6 Å². The van der Waals surface area contributed by atoms with Gasteiger partial charge in [-0.3, -0.25) is 9.69 Å². The average molecular weight is 353 g/mol. The fourth-order valence-electron chi connectivity index (χ4n) is 3.49. The quantitative estimate of drug-likeness (QED) is 0.755. The summed E-state index contributed by atoms with van der Waals surface area (Å²) in [5.41, 5.74) is 1.12. The third kappa shape index (κ3) is 5.20. The number of carbonyl (C=O) groups is 1. The van der Waals surface area contributed by atoms with Gasteiger partial charge in [0.15, 0.2) is 0 Å². The van der Waals surface area contributed by atoms with E-state index < -0.39 is 0 Å². The van der Waals surface area contributed by atoms with Crippen molar-refractivity contribution in [3.63, 3.8) is 0 Å². The molecule has 24 heavy (non-hydrogen) atoms. The normalized spacial score (nSPS) is 21.9. The Morgan fingerprint density at radius 1 is 1.25 bits per heavy atom. The Balaban J connectivity index is 1.80. The van der Waals surface area contributed by atoms with Gasteiger partial charge in [0.1, 0.15) is 0 Å². The first-order valence-electron chi connectivity index (χ1n) is 8.78. The van der Waals surface area contributed by atoms with Crippen molar-refractivity contribution in [2.75, 3.05) is 33.4 Å². The zero-order valence-electron chi connectivity index (χ0n) is 15.0. The van der Waals surface area contributed by atoms with Crippen LogP contribution in [0.1, 0.15) is 32.3 Å². The van der Waals surface area contributed by atoms with Crippen molar-refractivity contribution < 1.29 is 9.53 Å². The number of benzene rings is 1. The number of nitrogens with zero attached hydrogens (tertiary/aromatic N) is 2. The first kappa shape index (κ1) is 19.2. The number of ether oxygens (including phenoxy) is 1. The van der Waals surface area contributed by atoms with Crippen LogP contribution in [0.2, 0.25) is 5.02 Å². The van der Waals surface area contributed by atoms with E-state index in [0.717, 1.165) is 49.7 Å². The van der Waals surface area contributed by atoms with Crippen LogP contribution in [0.15, 0.2) is 24.3 Å². The molecule has 1 fully saturated rings. The zero-order valence-corrected chi connectivity index (χ0v) is 15.8. The topological polar surface area (TPSA) is 32.8 Å². The second-order valence-corrected chi connectivity index (χ2v) is 7.08. The highest BCUT2D eigenvalue weighted by Gasteiger charge is 2.31. The van der Waals surface area contributed by atoms with Gasteiger partial charge < -0.3 is 9.64 Å². The number of carbonyl (C=O) groups excluding carboxylic acids is 1. The fourth-order valence-corrected chi connectivity index (χ4v) is 3.72. The number of hydrogen-bond donors (Lipinski definition) is 0. The molecule has 0 radical (unpaired) electrons. The maximum Gasteiger partial charge on any atom is 0.222 e. The van der Waals surface area contributed by atoms with Crippen LogP contribution in [0.5, 0.6) is 0 Å². The molecule has 1 aromatic rings. The van der Waals surface area contributed by atoms with Crippen LogP contribution < -0.4 is 0 Å². The first-order chi connectivity index (χ1) is 11.5. The van der Waals surface area contributed by atoms with Gasteiger partial charge in [0, 0.05) is 50.3 Å². The summed E-state index contributed by atoms with van der Waals surface area (Å²) < 4.78 is 5.19. The summed E-state index contributed by atoms with van der Waals surface area (Å²) >= 11 is 6.17. The summed E-state index contributed by atoms with van der Waals surface area (Å²) in [5, 5.41) is 0.791. The predicted octanol–water partition coefficient (Wildman–Crippen LogP) is 3.23. The molecule has 0 N–H and O–H groups in total. The number of hydrogen-bond acceptors (Lipinski definition) is 3. The summed E-state index contributed by atoms with van der Waals surface area (Å²) in [5.74, 6) is 0.257. The van der Waals surface area contributed by atoms with Crippen LogP contribution in [-0.4, -0.2) is 61.1 Å². The standard InChI is InChI=1S/C19H29ClN2O2/c1-15-13-21(14-16(2)22(15)11-12-24-3)19(23)10-6-8-17-7-4-5-9-18(17)20/h4-5,7,9,15-16H,6,8,10-14H2,1-3H3. The van der Waals surface area contributed by atoms with Crippen molar-refractivity contribution in [1.29, 1.82) is 0 Å². The third-order valence-electron chi connectivity index (χ3n) is 4.80. The minimum absolute atomic E-state index is 0.257. The van der Waals surface area contributed by atoms with Crippen molar-refractivity contribution in [1.82, 2.24) is 9.80 Å². The van der Waals surface area contributed by atoms with E-state index in [1.54, 1.807) is 7.11 Å². The van der Waals surface area contributed by atoms with Gasteiger partial charge in [-0.1, -0.05) is 29.8 Å². The molecule has 0 spiro atoms. The number of amides is 1. The van der Waals surface area contributed by atoms with E-state index in [-0.39, 0.29) is 5.91 Å². The number of rotatable bonds is 7. The lowest BCUT2D eigenvalue weighted by Crippen LogP contribution is -2.58. The summed E-state index contributed by atoms with van der Waals surface area (Å²) in [6, 6.07) is 8.61. The minimum atomic E-state index is 0.257. The smallest absolute Gasteiger partial charge is 0.222 e. The van der Waals surface area contributed by atoms with Crippen LogP contribution in [0.3, 0.4) is 0 Å². The second-order valence-electron chi connectivity index (χ2n) is 6.67. The van der Waals surface area contributed by atoms with Gasteiger partial charge >= 0.3 is 0 Å². The molecule has 0 bridgehead atoms. The van der Waals surface area contributed by atoms with Crippen molar-refractivity contribution in [3.8, 4) is 0 Å². The Morgan fingerprint density at radius 2 is 1.92 bits per heavy atom.